The summed E-state index contributed by atoms with van der Waals surface area (Å²) in [7, 11) is 0. The molecule has 118 valence electrons. The minimum atomic E-state index is -0.269. The lowest BCUT2D eigenvalue weighted by atomic mass is 10.1. The van der Waals surface area contributed by atoms with E-state index in [9.17, 15) is 9.59 Å². The summed E-state index contributed by atoms with van der Waals surface area (Å²) in [6, 6.07) is 7.46. The number of fused-ring (bicyclic) bond motifs is 1. The Bertz CT molecular complexity index is 678. The predicted molar refractivity (Wildman–Crippen MR) is 85.4 cm³/mol. The van der Waals surface area contributed by atoms with Gasteiger partial charge in [0.25, 0.3) is 0 Å². The van der Waals surface area contributed by atoms with E-state index in [0.29, 0.717) is 18.8 Å². The molecule has 6 heteroatoms. The number of nitrogens with one attached hydrogen (secondary N) is 1. The number of nitrogens with two attached hydrogens (primary N) is 1. The van der Waals surface area contributed by atoms with Crippen molar-refractivity contribution in [2.75, 3.05) is 18.5 Å². The van der Waals surface area contributed by atoms with Crippen molar-refractivity contribution < 1.29 is 14.3 Å². The molecule has 1 heterocycles. The third-order valence-electron chi connectivity index (χ3n) is 3.44. The number of ether oxygens (including phenoxy) is 1. The standard InChI is InChI=1S/C16H21N3O3/c1-3-22-15(20)10-19-7-6-12-8-13(4-5-14(12)19)18-16(21)11(2)9-17/h4-8,11H,3,9-10,17H2,1-2H3,(H,18,21). The zero-order valence-corrected chi connectivity index (χ0v) is 12.8. The average Bonchev–Trinajstić information content (AvgIpc) is 2.89. The van der Waals surface area contributed by atoms with Gasteiger partial charge in [0.15, 0.2) is 0 Å². The maximum absolute atomic E-state index is 11.8. The Morgan fingerprint density at radius 1 is 1.36 bits per heavy atom. The molecule has 0 aliphatic carbocycles. The summed E-state index contributed by atoms with van der Waals surface area (Å²) in [5.41, 5.74) is 7.11. The number of benzene rings is 1. The van der Waals surface area contributed by atoms with Crippen molar-refractivity contribution in [3.05, 3.63) is 30.5 Å². The number of rotatable bonds is 6. The van der Waals surface area contributed by atoms with E-state index in [1.165, 1.54) is 0 Å². The van der Waals surface area contributed by atoms with Crippen molar-refractivity contribution in [1.82, 2.24) is 4.57 Å². The van der Waals surface area contributed by atoms with Crippen LogP contribution in [0.4, 0.5) is 5.69 Å². The van der Waals surface area contributed by atoms with E-state index in [2.05, 4.69) is 5.32 Å². The number of aromatic nitrogens is 1. The van der Waals surface area contributed by atoms with Crippen LogP contribution in [0, 0.1) is 5.92 Å². The van der Waals surface area contributed by atoms with Crippen LogP contribution in [0.1, 0.15) is 13.8 Å². The summed E-state index contributed by atoms with van der Waals surface area (Å²) >= 11 is 0. The minimum Gasteiger partial charge on any atom is -0.465 e. The lowest BCUT2D eigenvalue weighted by molar-refractivity contribution is -0.143. The first-order valence-corrected chi connectivity index (χ1v) is 7.30. The van der Waals surface area contributed by atoms with Gasteiger partial charge in [-0.3, -0.25) is 9.59 Å². The molecule has 1 amide bonds. The van der Waals surface area contributed by atoms with Crippen molar-refractivity contribution in [2.24, 2.45) is 11.7 Å². The number of carbonyl (C=O) groups excluding carboxylic acids is 2. The van der Waals surface area contributed by atoms with Crippen LogP contribution < -0.4 is 11.1 Å². The van der Waals surface area contributed by atoms with E-state index >= 15 is 0 Å². The number of hydrogen-bond donors (Lipinski definition) is 2. The number of amides is 1. The molecule has 0 saturated carbocycles. The molecule has 22 heavy (non-hydrogen) atoms. The molecule has 0 saturated heterocycles. The van der Waals surface area contributed by atoms with Crippen molar-refractivity contribution in [3.8, 4) is 0 Å². The van der Waals surface area contributed by atoms with E-state index in [4.69, 9.17) is 10.5 Å². The molecule has 3 N–H and O–H groups in total. The van der Waals surface area contributed by atoms with Crippen molar-refractivity contribution in [1.29, 1.82) is 0 Å². The monoisotopic (exact) mass is 303 g/mol. The average molecular weight is 303 g/mol. The molecule has 1 aromatic heterocycles. The second kappa shape index (κ2) is 7.09. The Morgan fingerprint density at radius 3 is 2.82 bits per heavy atom. The minimum absolute atomic E-state index is 0.104. The summed E-state index contributed by atoms with van der Waals surface area (Å²) in [6.45, 7) is 4.41. The first kappa shape index (κ1) is 16.0. The molecule has 0 fully saturated rings. The summed E-state index contributed by atoms with van der Waals surface area (Å²) in [5.74, 6) is -0.605. The Hall–Kier alpha value is -2.34. The number of carbonyl (C=O) groups is 2. The number of hydrogen-bond acceptors (Lipinski definition) is 4. The number of esters is 1. The van der Waals surface area contributed by atoms with E-state index in [0.717, 1.165) is 10.9 Å². The van der Waals surface area contributed by atoms with Gasteiger partial charge in [0.2, 0.25) is 5.91 Å². The second-order valence-electron chi connectivity index (χ2n) is 5.15. The van der Waals surface area contributed by atoms with E-state index in [1.807, 2.05) is 35.0 Å². The van der Waals surface area contributed by atoms with Gasteiger partial charge in [0.1, 0.15) is 6.54 Å². The Labute approximate surface area is 129 Å². The summed E-state index contributed by atoms with van der Waals surface area (Å²) in [6.07, 6.45) is 1.83. The molecular weight excluding hydrogens is 282 g/mol. The van der Waals surface area contributed by atoms with Crippen LogP contribution in [0.25, 0.3) is 10.9 Å². The van der Waals surface area contributed by atoms with Gasteiger partial charge in [-0.2, -0.15) is 0 Å². The molecule has 1 unspecified atom stereocenters. The Morgan fingerprint density at radius 2 is 2.14 bits per heavy atom. The van der Waals surface area contributed by atoms with Crippen LogP contribution >= 0.6 is 0 Å². The Kier molecular flexibility index (Phi) is 5.16. The van der Waals surface area contributed by atoms with Gasteiger partial charge < -0.3 is 20.4 Å². The van der Waals surface area contributed by atoms with E-state index < -0.39 is 0 Å². The van der Waals surface area contributed by atoms with Crippen LogP contribution in [0.3, 0.4) is 0 Å². The fraction of sp³-hybridized carbons (Fsp3) is 0.375. The highest BCUT2D eigenvalue weighted by molar-refractivity contribution is 5.95. The highest BCUT2D eigenvalue weighted by Crippen LogP contribution is 2.21. The smallest absolute Gasteiger partial charge is 0.325 e. The predicted octanol–water partition coefficient (Wildman–Crippen LogP) is 1.74. The normalized spacial score (nSPS) is 12.1. The SMILES string of the molecule is CCOC(=O)Cn1ccc2cc(NC(=O)C(C)CN)ccc21. The van der Waals surface area contributed by atoms with Gasteiger partial charge in [-0.25, -0.2) is 0 Å². The van der Waals surface area contributed by atoms with Crippen molar-refractivity contribution in [3.63, 3.8) is 0 Å². The molecule has 0 bridgehead atoms. The van der Waals surface area contributed by atoms with Crippen LogP contribution in [0.2, 0.25) is 0 Å². The first-order chi connectivity index (χ1) is 10.5. The van der Waals surface area contributed by atoms with Crippen LogP contribution in [-0.4, -0.2) is 29.6 Å². The molecule has 0 spiro atoms. The Balaban J connectivity index is 2.16. The zero-order valence-electron chi connectivity index (χ0n) is 12.8. The molecule has 1 aromatic carbocycles. The third-order valence-corrected chi connectivity index (χ3v) is 3.44. The zero-order chi connectivity index (χ0) is 16.1. The molecule has 1 atom stereocenters. The van der Waals surface area contributed by atoms with Crippen molar-refractivity contribution >= 4 is 28.5 Å². The van der Waals surface area contributed by atoms with Gasteiger partial charge in [-0.15, -0.1) is 0 Å². The maximum Gasteiger partial charge on any atom is 0.325 e. The highest BCUT2D eigenvalue weighted by atomic mass is 16.5. The van der Waals surface area contributed by atoms with Crippen LogP contribution in [0.15, 0.2) is 30.5 Å². The molecule has 0 aliphatic rings. The van der Waals surface area contributed by atoms with Crippen molar-refractivity contribution in [2.45, 2.75) is 20.4 Å². The number of anilines is 1. The fourth-order valence-electron chi connectivity index (χ4n) is 2.13. The van der Waals surface area contributed by atoms with Gasteiger partial charge in [-0.05, 0) is 31.2 Å². The first-order valence-electron chi connectivity index (χ1n) is 7.30. The molecule has 6 nitrogen and oxygen atoms in total. The molecule has 2 rings (SSSR count). The summed E-state index contributed by atoms with van der Waals surface area (Å²) in [5, 5.41) is 3.78. The molecule has 0 aliphatic heterocycles. The summed E-state index contributed by atoms with van der Waals surface area (Å²) < 4.78 is 6.77. The van der Waals surface area contributed by atoms with Gasteiger partial charge >= 0.3 is 5.97 Å². The highest BCUT2D eigenvalue weighted by Gasteiger charge is 2.12. The van der Waals surface area contributed by atoms with Gasteiger partial charge in [0.05, 0.1) is 6.61 Å². The van der Waals surface area contributed by atoms with E-state index in [1.54, 1.807) is 13.8 Å². The van der Waals surface area contributed by atoms with Gasteiger partial charge in [-0.1, -0.05) is 6.92 Å². The topological polar surface area (TPSA) is 86.3 Å². The second-order valence-corrected chi connectivity index (χ2v) is 5.15. The lowest BCUT2D eigenvalue weighted by Crippen LogP contribution is -2.26. The fourth-order valence-corrected chi connectivity index (χ4v) is 2.13. The largest absolute Gasteiger partial charge is 0.465 e. The van der Waals surface area contributed by atoms with Gasteiger partial charge in [0, 0.05) is 35.2 Å². The maximum atomic E-state index is 11.8. The molecule has 2 aromatic rings. The van der Waals surface area contributed by atoms with E-state index in [-0.39, 0.29) is 24.3 Å². The molecular formula is C16H21N3O3. The van der Waals surface area contributed by atoms with Crippen LogP contribution in [0.5, 0.6) is 0 Å². The molecule has 0 radical (unpaired) electrons. The quantitative estimate of drug-likeness (QED) is 0.796. The van der Waals surface area contributed by atoms with Crippen LogP contribution in [-0.2, 0) is 20.9 Å². The lowest BCUT2D eigenvalue weighted by Gasteiger charge is -2.10. The third kappa shape index (κ3) is 3.65. The number of nitrogens with zero attached hydrogens (tertiary/aromatic N) is 1. The summed E-state index contributed by atoms with van der Waals surface area (Å²) in [4.78, 5) is 23.4.